The van der Waals surface area contributed by atoms with E-state index in [1.165, 1.54) is 12.1 Å². The number of carboxylic acids is 1. The number of nitrogens with one attached hydrogen (secondary N) is 1. The largest absolute Gasteiger partial charge is 0.478 e. The number of carboxylic acid groups (broad SMARTS) is 1. The van der Waals surface area contributed by atoms with E-state index in [-0.39, 0.29) is 10.7 Å². The van der Waals surface area contributed by atoms with Crippen LogP contribution in [0.2, 0.25) is 5.15 Å². The van der Waals surface area contributed by atoms with Gasteiger partial charge in [-0.1, -0.05) is 29.8 Å². The minimum Gasteiger partial charge on any atom is -0.478 e. The molecular weight excluding hydrogens is 290 g/mol. The monoisotopic (exact) mass is 299 g/mol. The van der Waals surface area contributed by atoms with E-state index < -0.39 is 5.97 Å². The molecule has 0 saturated carbocycles. The predicted molar refractivity (Wildman–Crippen MR) is 81.2 cm³/mol. The maximum atomic E-state index is 11.0. The summed E-state index contributed by atoms with van der Waals surface area (Å²) in [5.41, 5.74) is 1.59. The molecule has 104 valence electrons. The van der Waals surface area contributed by atoms with Gasteiger partial charge in [-0.15, -0.1) is 0 Å². The van der Waals surface area contributed by atoms with Crippen molar-refractivity contribution in [3.63, 3.8) is 0 Å². The summed E-state index contributed by atoms with van der Waals surface area (Å²) in [5, 5.41) is 13.2. The second-order valence-electron chi connectivity index (χ2n) is 4.37. The third kappa shape index (κ3) is 2.78. The number of aromatic nitrogens is 2. The number of fused-ring (bicyclic) bond motifs is 1. The number of hydrogen-bond acceptors (Lipinski definition) is 4. The standard InChI is InChI=1S/C15H10ClN3O2/c16-12-7-10(15(20)21)8-13(19-12)18-11-5-1-3-9-4-2-6-17-14(9)11/h1-8H,(H,18,19)(H,20,21). The molecule has 2 heterocycles. The van der Waals surface area contributed by atoms with Crippen molar-refractivity contribution in [1.29, 1.82) is 0 Å². The molecular formula is C15H10ClN3O2. The summed E-state index contributed by atoms with van der Waals surface area (Å²) >= 11 is 5.85. The van der Waals surface area contributed by atoms with Gasteiger partial charge in [0.15, 0.2) is 0 Å². The Bertz CT molecular complexity index is 831. The van der Waals surface area contributed by atoms with Crippen LogP contribution in [0.4, 0.5) is 11.5 Å². The van der Waals surface area contributed by atoms with E-state index in [9.17, 15) is 4.79 Å². The van der Waals surface area contributed by atoms with Crippen LogP contribution in [0.3, 0.4) is 0 Å². The van der Waals surface area contributed by atoms with Gasteiger partial charge in [0, 0.05) is 11.6 Å². The summed E-state index contributed by atoms with van der Waals surface area (Å²) in [6.07, 6.45) is 1.70. The summed E-state index contributed by atoms with van der Waals surface area (Å²) in [5.74, 6) is -0.698. The van der Waals surface area contributed by atoms with Crippen molar-refractivity contribution in [3.05, 3.63) is 59.4 Å². The van der Waals surface area contributed by atoms with Crippen molar-refractivity contribution in [1.82, 2.24) is 9.97 Å². The first kappa shape index (κ1) is 13.3. The number of aromatic carboxylic acids is 1. The van der Waals surface area contributed by atoms with Crippen molar-refractivity contribution in [2.24, 2.45) is 0 Å². The molecule has 21 heavy (non-hydrogen) atoms. The number of nitrogens with zero attached hydrogens (tertiary/aromatic N) is 2. The SMILES string of the molecule is O=C(O)c1cc(Cl)nc(Nc2cccc3cccnc23)c1. The van der Waals surface area contributed by atoms with Crippen LogP contribution in [0.25, 0.3) is 10.9 Å². The Morgan fingerprint density at radius 1 is 1.19 bits per heavy atom. The Kier molecular flexibility index (Phi) is 3.41. The number of anilines is 2. The molecule has 3 aromatic rings. The van der Waals surface area contributed by atoms with Crippen LogP contribution in [0.5, 0.6) is 0 Å². The Hall–Kier alpha value is -2.66. The summed E-state index contributed by atoms with van der Waals surface area (Å²) in [4.78, 5) is 19.4. The lowest BCUT2D eigenvalue weighted by molar-refractivity contribution is 0.0697. The van der Waals surface area contributed by atoms with Crippen molar-refractivity contribution in [2.45, 2.75) is 0 Å². The van der Waals surface area contributed by atoms with Gasteiger partial charge in [-0.25, -0.2) is 9.78 Å². The Morgan fingerprint density at radius 2 is 2.00 bits per heavy atom. The van der Waals surface area contributed by atoms with Crippen molar-refractivity contribution < 1.29 is 9.90 Å². The van der Waals surface area contributed by atoms with Crippen LogP contribution >= 0.6 is 11.6 Å². The van der Waals surface area contributed by atoms with E-state index in [1.807, 2.05) is 30.3 Å². The second-order valence-corrected chi connectivity index (χ2v) is 4.76. The van der Waals surface area contributed by atoms with Crippen LogP contribution < -0.4 is 5.32 Å². The van der Waals surface area contributed by atoms with E-state index in [1.54, 1.807) is 6.20 Å². The number of rotatable bonds is 3. The fourth-order valence-corrected chi connectivity index (χ4v) is 2.24. The highest BCUT2D eigenvalue weighted by Gasteiger charge is 2.09. The molecule has 0 amide bonds. The molecule has 1 aromatic carbocycles. The number of benzene rings is 1. The molecule has 0 aliphatic heterocycles. The Morgan fingerprint density at radius 3 is 2.81 bits per heavy atom. The smallest absolute Gasteiger partial charge is 0.335 e. The lowest BCUT2D eigenvalue weighted by Crippen LogP contribution is -2.01. The molecule has 6 heteroatoms. The lowest BCUT2D eigenvalue weighted by atomic mass is 10.2. The average molecular weight is 300 g/mol. The number of carbonyl (C=O) groups is 1. The molecule has 2 aromatic heterocycles. The zero-order chi connectivity index (χ0) is 14.8. The normalized spacial score (nSPS) is 10.5. The fraction of sp³-hybridized carbons (Fsp3) is 0. The van der Waals surface area contributed by atoms with Crippen LogP contribution in [-0.4, -0.2) is 21.0 Å². The number of hydrogen-bond donors (Lipinski definition) is 2. The summed E-state index contributed by atoms with van der Waals surface area (Å²) < 4.78 is 0. The zero-order valence-corrected chi connectivity index (χ0v) is 11.5. The number of para-hydroxylation sites is 1. The number of pyridine rings is 2. The molecule has 0 spiro atoms. The van der Waals surface area contributed by atoms with Crippen LogP contribution in [0.1, 0.15) is 10.4 Å². The van der Waals surface area contributed by atoms with E-state index in [0.717, 1.165) is 16.6 Å². The molecule has 0 aliphatic rings. The van der Waals surface area contributed by atoms with Crippen molar-refractivity contribution >= 4 is 40.0 Å². The maximum Gasteiger partial charge on any atom is 0.335 e. The van der Waals surface area contributed by atoms with Gasteiger partial charge in [0.1, 0.15) is 11.0 Å². The summed E-state index contributed by atoms with van der Waals surface area (Å²) in [6, 6.07) is 12.2. The molecule has 0 radical (unpaired) electrons. The molecule has 2 N–H and O–H groups in total. The van der Waals surface area contributed by atoms with Crippen molar-refractivity contribution in [3.8, 4) is 0 Å². The highest BCUT2D eigenvalue weighted by molar-refractivity contribution is 6.29. The van der Waals surface area contributed by atoms with Crippen LogP contribution in [0.15, 0.2) is 48.7 Å². The summed E-state index contributed by atoms with van der Waals surface area (Å²) in [7, 11) is 0. The minimum atomic E-state index is -1.06. The van der Waals surface area contributed by atoms with Gasteiger partial charge in [-0.3, -0.25) is 4.98 Å². The first-order valence-corrected chi connectivity index (χ1v) is 6.53. The van der Waals surface area contributed by atoms with Gasteiger partial charge in [0.05, 0.1) is 16.8 Å². The van der Waals surface area contributed by atoms with E-state index in [2.05, 4.69) is 15.3 Å². The van der Waals surface area contributed by atoms with Gasteiger partial charge >= 0.3 is 5.97 Å². The molecule has 0 saturated heterocycles. The minimum absolute atomic E-state index is 0.0747. The van der Waals surface area contributed by atoms with Gasteiger partial charge < -0.3 is 10.4 Å². The first-order chi connectivity index (χ1) is 10.1. The van der Waals surface area contributed by atoms with Gasteiger partial charge in [-0.2, -0.15) is 0 Å². The van der Waals surface area contributed by atoms with Crippen LogP contribution in [0, 0.1) is 0 Å². The molecule has 0 fully saturated rings. The maximum absolute atomic E-state index is 11.0. The molecule has 0 atom stereocenters. The lowest BCUT2D eigenvalue weighted by Gasteiger charge is -2.09. The fourth-order valence-electron chi connectivity index (χ4n) is 2.03. The molecule has 5 nitrogen and oxygen atoms in total. The molecule has 0 aliphatic carbocycles. The molecule has 0 bridgehead atoms. The topological polar surface area (TPSA) is 75.1 Å². The molecule has 3 rings (SSSR count). The third-order valence-electron chi connectivity index (χ3n) is 2.94. The van der Waals surface area contributed by atoms with E-state index in [0.29, 0.717) is 5.82 Å². The quantitative estimate of drug-likeness (QED) is 0.721. The highest BCUT2D eigenvalue weighted by Crippen LogP contribution is 2.25. The Balaban J connectivity index is 2.05. The predicted octanol–water partition coefficient (Wildman–Crippen LogP) is 3.73. The van der Waals surface area contributed by atoms with E-state index in [4.69, 9.17) is 16.7 Å². The van der Waals surface area contributed by atoms with E-state index >= 15 is 0 Å². The molecule has 0 unspecified atom stereocenters. The van der Waals surface area contributed by atoms with Gasteiger partial charge in [0.2, 0.25) is 0 Å². The van der Waals surface area contributed by atoms with Crippen molar-refractivity contribution in [2.75, 3.05) is 5.32 Å². The summed E-state index contributed by atoms with van der Waals surface area (Å²) in [6.45, 7) is 0. The highest BCUT2D eigenvalue weighted by atomic mass is 35.5. The number of halogens is 1. The Labute approximate surface area is 125 Å². The second kappa shape index (κ2) is 5.38. The van der Waals surface area contributed by atoms with Gasteiger partial charge in [0.25, 0.3) is 0 Å². The zero-order valence-electron chi connectivity index (χ0n) is 10.7. The average Bonchev–Trinajstić information content (AvgIpc) is 2.47. The van der Waals surface area contributed by atoms with Crippen LogP contribution in [-0.2, 0) is 0 Å². The third-order valence-corrected chi connectivity index (χ3v) is 3.13. The van der Waals surface area contributed by atoms with Gasteiger partial charge in [-0.05, 0) is 24.3 Å². The first-order valence-electron chi connectivity index (χ1n) is 6.15.